The van der Waals surface area contributed by atoms with Crippen LogP contribution in [0.1, 0.15) is 5.56 Å². The van der Waals surface area contributed by atoms with Gasteiger partial charge in [-0.2, -0.15) is 8.42 Å². The smallest absolute Gasteiger partial charge is 0.344 e. The normalized spacial score (nSPS) is 11.6. The van der Waals surface area contributed by atoms with Crippen LogP contribution in [0.3, 0.4) is 0 Å². The zero-order valence-electron chi connectivity index (χ0n) is 15.0. The lowest BCUT2D eigenvalue weighted by molar-refractivity contribution is 0.326. The van der Waals surface area contributed by atoms with Gasteiger partial charge in [-0.05, 0) is 31.2 Å². The number of para-hydroxylation sites is 2. The highest BCUT2D eigenvalue weighted by Crippen LogP contribution is 2.18. The third-order valence-electron chi connectivity index (χ3n) is 4.58. The molecular weight excluding hydrogens is 360 g/mol. The Hall–Kier alpha value is -3.12. The summed E-state index contributed by atoms with van der Waals surface area (Å²) in [5.74, 6) is 0. The molecule has 0 fully saturated rings. The topological polar surface area (TPSA) is 60.7 Å². The summed E-state index contributed by atoms with van der Waals surface area (Å²) in [6.45, 7) is 1.89. The van der Waals surface area contributed by atoms with Crippen molar-refractivity contribution in [1.29, 1.82) is 0 Å². The van der Waals surface area contributed by atoms with Gasteiger partial charge in [-0.1, -0.05) is 59.3 Å². The Bertz CT molecular complexity index is 1260. The van der Waals surface area contributed by atoms with Gasteiger partial charge in [0.2, 0.25) is 0 Å². The van der Waals surface area contributed by atoms with Crippen molar-refractivity contribution in [3.63, 3.8) is 0 Å². The highest BCUT2D eigenvalue weighted by molar-refractivity contribution is 7.86. The van der Waals surface area contributed by atoms with E-state index in [2.05, 4.69) is 9.72 Å². The zero-order valence-corrected chi connectivity index (χ0v) is 15.8. The van der Waals surface area contributed by atoms with Crippen molar-refractivity contribution in [2.75, 3.05) is 0 Å². The van der Waals surface area contributed by atoms with Gasteiger partial charge in [0.25, 0.3) is 0 Å². The van der Waals surface area contributed by atoms with Crippen LogP contribution < -0.4 is 5.36 Å². The second kappa shape index (κ2) is 6.55. The van der Waals surface area contributed by atoms with Crippen molar-refractivity contribution in [1.82, 2.24) is 4.57 Å². The number of hydrogen-bond donors (Lipinski definition) is 0. The van der Waals surface area contributed by atoms with Crippen LogP contribution in [0.25, 0.3) is 21.8 Å². The maximum absolute atomic E-state index is 12.5. The Morgan fingerprint density at radius 2 is 1.33 bits per heavy atom. The minimum atomic E-state index is -4.00. The number of aromatic nitrogens is 1. The average Bonchev–Trinajstić information content (AvgIpc) is 2.68. The van der Waals surface area contributed by atoms with E-state index in [1.165, 1.54) is 12.1 Å². The molecule has 0 bridgehead atoms. The summed E-state index contributed by atoms with van der Waals surface area (Å²) >= 11 is 0. The first-order valence-electron chi connectivity index (χ1n) is 8.48. The molecule has 27 heavy (non-hydrogen) atoms. The first kappa shape index (κ1) is 17.3. The molecule has 0 aliphatic carbocycles. The average molecular weight is 378 g/mol. The van der Waals surface area contributed by atoms with Gasteiger partial charge in [0, 0.05) is 17.8 Å². The largest absolute Gasteiger partial charge is 0.358 e. The fraction of sp³-hybridized carbons (Fsp3) is 0.0952. The number of aryl methyl sites for hydroxylation is 2. The summed E-state index contributed by atoms with van der Waals surface area (Å²) in [5, 5.41) is 6.20. The SMILES string of the molecule is Cc1ccc(S(=O)(=O)ON=c2c3ccccc3n(C)c3ccccc23)cc1. The number of nitrogens with zero attached hydrogens (tertiary/aromatic N) is 2. The van der Waals surface area contributed by atoms with Crippen molar-refractivity contribution in [3.8, 4) is 0 Å². The van der Waals surface area contributed by atoms with Crippen LogP contribution in [0.15, 0.2) is 82.8 Å². The maximum Gasteiger partial charge on any atom is 0.358 e. The standard InChI is InChI=1S/C21H18N2O3S/c1-15-11-13-16(14-12-15)27(24,25)26-22-21-17-7-3-5-9-19(17)23(2)20-10-6-4-8-18(20)21/h3-14H,1-2H3. The van der Waals surface area contributed by atoms with E-state index in [4.69, 9.17) is 4.28 Å². The van der Waals surface area contributed by atoms with Gasteiger partial charge in [-0.25, -0.2) is 0 Å². The van der Waals surface area contributed by atoms with Crippen LogP contribution in [0.5, 0.6) is 0 Å². The molecule has 4 aromatic rings. The Kier molecular flexibility index (Phi) is 4.20. The van der Waals surface area contributed by atoms with Crippen LogP contribution >= 0.6 is 0 Å². The Balaban J connectivity index is 1.94. The molecule has 0 saturated carbocycles. The van der Waals surface area contributed by atoms with Gasteiger partial charge in [0.15, 0.2) is 0 Å². The van der Waals surface area contributed by atoms with Crippen molar-refractivity contribution in [3.05, 3.63) is 83.7 Å². The molecule has 1 aromatic heterocycles. The molecule has 0 spiro atoms. The molecule has 0 amide bonds. The summed E-state index contributed by atoms with van der Waals surface area (Å²) in [6, 6.07) is 21.9. The molecule has 0 aliphatic rings. The number of fused-ring (bicyclic) bond motifs is 2. The summed E-state index contributed by atoms with van der Waals surface area (Å²) in [4.78, 5) is 0.0759. The van der Waals surface area contributed by atoms with Gasteiger partial charge in [0.1, 0.15) is 10.3 Å². The Morgan fingerprint density at radius 1 is 0.815 bits per heavy atom. The first-order chi connectivity index (χ1) is 13.0. The van der Waals surface area contributed by atoms with Gasteiger partial charge >= 0.3 is 10.1 Å². The lowest BCUT2D eigenvalue weighted by Gasteiger charge is -2.11. The highest BCUT2D eigenvalue weighted by Gasteiger charge is 2.16. The van der Waals surface area contributed by atoms with E-state index in [1.807, 2.05) is 62.5 Å². The summed E-state index contributed by atoms with van der Waals surface area (Å²) in [5.41, 5.74) is 2.84. The molecule has 1 heterocycles. The minimum Gasteiger partial charge on any atom is -0.344 e. The molecule has 0 unspecified atom stereocenters. The molecule has 3 aromatic carbocycles. The lowest BCUT2D eigenvalue weighted by Crippen LogP contribution is -2.13. The fourth-order valence-electron chi connectivity index (χ4n) is 3.14. The third-order valence-corrected chi connectivity index (χ3v) is 5.70. The van der Waals surface area contributed by atoms with Crippen LogP contribution in [-0.2, 0) is 21.4 Å². The van der Waals surface area contributed by atoms with E-state index >= 15 is 0 Å². The van der Waals surface area contributed by atoms with Crippen molar-refractivity contribution >= 4 is 31.9 Å². The molecule has 0 aliphatic heterocycles. The number of hydrogen-bond acceptors (Lipinski definition) is 4. The molecule has 0 atom stereocenters. The van der Waals surface area contributed by atoms with E-state index in [1.54, 1.807) is 12.1 Å². The first-order valence-corrected chi connectivity index (χ1v) is 9.89. The molecular formula is C21H18N2O3S. The Labute approximate surface area is 157 Å². The zero-order chi connectivity index (χ0) is 19.0. The predicted molar refractivity (Wildman–Crippen MR) is 105 cm³/mol. The summed E-state index contributed by atoms with van der Waals surface area (Å²) in [7, 11) is -2.03. The molecule has 0 radical (unpaired) electrons. The van der Waals surface area contributed by atoms with E-state index in [-0.39, 0.29) is 4.90 Å². The molecule has 5 nitrogen and oxygen atoms in total. The van der Waals surface area contributed by atoms with Gasteiger partial charge in [-0.15, -0.1) is 0 Å². The van der Waals surface area contributed by atoms with E-state index in [0.29, 0.717) is 5.36 Å². The van der Waals surface area contributed by atoms with Crippen molar-refractivity contribution in [2.45, 2.75) is 11.8 Å². The summed E-state index contributed by atoms with van der Waals surface area (Å²) < 4.78 is 32.2. The molecule has 4 rings (SSSR count). The minimum absolute atomic E-state index is 0.0759. The van der Waals surface area contributed by atoms with Gasteiger partial charge in [-0.3, -0.25) is 4.28 Å². The number of benzene rings is 3. The number of pyridine rings is 1. The monoisotopic (exact) mass is 378 g/mol. The van der Waals surface area contributed by atoms with Crippen LogP contribution in [0, 0.1) is 6.92 Å². The van der Waals surface area contributed by atoms with E-state index in [9.17, 15) is 8.42 Å². The molecule has 136 valence electrons. The van der Waals surface area contributed by atoms with Crippen molar-refractivity contribution in [2.24, 2.45) is 12.2 Å². The second-order valence-corrected chi connectivity index (χ2v) is 7.90. The fourth-order valence-corrected chi connectivity index (χ4v) is 3.87. The second-order valence-electron chi connectivity index (χ2n) is 6.37. The molecule has 0 saturated heterocycles. The predicted octanol–water partition coefficient (Wildman–Crippen LogP) is 3.86. The lowest BCUT2D eigenvalue weighted by atomic mass is 10.1. The van der Waals surface area contributed by atoms with Crippen molar-refractivity contribution < 1.29 is 12.7 Å². The highest BCUT2D eigenvalue weighted by atomic mass is 32.2. The molecule has 0 N–H and O–H groups in total. The molecule has 6 heteroatoms. The van der Waals surface area contributed by atoms with E-state index in [0.717, 1.165) is 27.4 Å². The van der Waals surface area contributed by atoms with Gasteiger partial charge in [0.05, 0.1) is 11.0 Å². The maximum atomic E-state index is 12.5. The number of rotatable bonds is 3. The summed E-state index contributed by atoms with van der Waals surface area (Å²) in [6.07, 6.45) is 0. The van der Waals surface area contributed by atoms with Gasteiger partial charge < -0.3 is 4.57 Å². The third kappa shape index (κ3) is 3.08. The van der Waals surface area contributed by atoms with Crippen LogP contribution in [-0.4, -0.2) is 13.0 Å². The van der Waals surface area contributed by atoms with Crippen LogP contribution in [0.2, 0.25) is 0 Å². The quantitative estimate of drug-likeness (QED) is 0.402. The van der Waals surface area contributed by atoms with Crippen LogP contribution in [0.4, 0.5) is 0 Å². The van der Waals surface area contributed by atoms with E-state index < -0.39 is 10.1 Å². The Morgan fingerprint density at radius 3 is 1.89 bits per heavy atom.